The van der Waals surface area contributed by atoms with E-state index in [2.05, 4.69) is 4.98 Å². The number of nitrogens with zero attached hydrogens (tertiary/aromatic N) is 5. The summed E-state index contributed by atoms with van der Waals surface area (Å²) in [4.78, 5) is 41.6. The lowest BCUT2D eigenvalue weighted by atomic mass is 10.2. The van der Waals surface area contributed by atoms with Crippen LogP contribution in [-0.2, 0) is 18.4 Å². The second kappa shape index (κ2) is 5.80. The van der Waals surface area contributed by atoms with E-state index in [0.29, 0.717) is 11.4 Å². The van der Waals surface area contributed by atoms with Crippen LogP contribution in [0.1, 0.15) is 18.2 Å². The van der Waals surface area contributed by atoms with Crippen molar-refractivity contribution >= 4 is 22.7 Å². The first-order valence-corrected chi connectivity index (χ1v) is 8.56. The van der Waals surface area contributed by atoms with Crippen molar-refractivity contribution in [3.05, 3.63) is 62.6 Å². The predicted octanol–water partition coefficient (Wildman–Crippen LogP) is 1.34. The molecule has 3 aromatic heterocycles. The zero-order valence-electron chi connectivity index (χ0n) is 15.6. The number of ketones is 1. The Morgan fingerprint density at radius 2 is 1.85 bits per heavy atom. The minimum absolute atomic E-state index is 0.258. The van der Waals surface area contributed by atoms with Gasteiger partial charge >= 0.3 is 5.69 Å². The number of aryl methyl sites for hydroxylation is 3. The van der Waals surface area contributed by atoms with Crippen LogP contribution < -0.4 is 11.2 Å². The molecule has 0 aliphatic rings. The van der Waals surface area contributed by atoms with Crippen molar-refractivity contribution in [1.29, 1.82) is 0 Å². The maximum Gasteiger partial charge on any atom is 0.332 e. The molecule has 27 heavy (non-hydrogen) atoms. The van der Waals surface area contributed by atoms with Gasteiger partial charge in [-0.05, 0) is 32.4 Å². The normalized spacial score (nSPS) is 11.6. The molecule has 0 aliphatic heterocycles. The summed E-state index contributed by atoms with van der Waals surface area (Å²) >= 11 is 0. The fraction of sp³-hybridized carbons (Fsp3) is 0.263. The van der Waals surface area contributed by atoms with Gasteiger partial charge < -0.3 is 0 Å². The van der Waals surface area contributed by atoms with Crippen molar-refractivity contribution in [2.75, 3.05) is 0 Å². The van der Waals surface area contributed by atoms with E-state index in [9.17, 15) is 14.4 Å². The third-order valence-electron chi connectivity index (χ3n) is 4.76. The molecule has 0 saturated carbocycles. The fourth-order valence-electron chi connectivity index (χ4n) is 3.48. The van der Waals surface area contributed by atoms with Crippen molar-refractivity contribution in [2.45, 2.75) is 27.3 Å². The van der Waals surface area contributed by atoms with Gasteiger partial charge in [-0.1, -0.05) is 18.2 Å². The van der Waals surface area contributed by atoms with E-state index in [0.717, 1.165) is 21.5 Å². The van der Waals surface area contributed by atoms with Gasteiger partial charge in [-0.3, -0.25) is 27.7 Å². The van der Waals surface area contributed by atoms with Crippen LogP contribution in [-0.4, -0.2) is 28.9 Å². The van der Waals surface area contributed by atoms with Crippen LogP contribution in [0.15, 0.2) is 40.1 Å². The molecular weight excluding hydrogens is 346 g/mol. The van der Waals surface area contributed by atoms with Gasteiger partial charge in [-0.2, -0.15) is 4.98 Å². The Bertz CT molecular complexity index is 1350. The Morgan fingerprint density at radius 3 is 2.52 bits per heavy atom. The first kappa shape index (κ1) is 17.0. The summed E-state index contributed by atoms with van der Waals surface area (Å²) in [5, 5.41) is 0. The Balaban J connectivity index is 2.16. The molecule has 138 valence electrons. The van der Waals surface area contributed by atoms with E-state index >= 15 is 0 Å². The molecule has 1 aromatic carbocycles. The van der Waals surface area contributed by atoms with Crippen molar-refractivity contribution in [2.24, 2.45) is 7.05 Å². The van der Waals surface area contributed by atoms with Gasteiger partial charge in [0.2, 0.25) is 5.78 Å². The number of rotatable bonds is 3. The van der Waals surface area contributed by atoms with Gasteiger partial charge in [-0.15, -0.1) is 0 Å². The number of Topliss-reactive ketones (excluding diaryl/α,β-unsaturated/α-hetero) is 1. The van der Waals surface area contributed by atoms with Gasteiger partial charge in [0, 0.05) is 18.9 Å². The molecule has 0 bridgehead atoms. The lowest BCUT2D eigenvalue weighted by Crippen LogP contribution is -2.40. The van der Waals surface area contributed by atoms with E-state index in [1.54, 1.807) is 11.4 Å². The average Bonchev–Trinajstić information content (AvgIpc) is 3.12. The smallest absolute Gasteiger partial charge is 0.298 e. The van der Waals surface area contributed by atoms with Crippen LogP contribution in [0.3, 0.4) is 0 Å². The number of carbonyl (C=O) groups excluding carboxylic acids is 1. The van der Waals surface area contributed by atoms with Crippen molar-refractivity contribution in [3.8, 4) is 5.69 Å². The number of fused-ring (bicyclic) bond motifs is 3. The second-order valence-electron chi connectivity index (χ2n) is 6.78. The van der Waals surface area contributed by atoms with Crippen LogP contribution >= 0.6 is 0 Å². The Morgan fingerprint density at radius 1 is 1.15 bits per heavy atom. The van der Waals surface area contributed by atoms with Crippen LogP contribution in [0.2, 0.25) is 0 Å². The maximum absolute atomic E-state index is 13.0. The molecule has 0 aliphatic carbocycles. The molecule has 4 aromatic rings. The molecule has 4 rings (SSSR count). The third kappa shape index (κ3) is 2.37. The van der Waals surface area contributed by atoms with E-state index < -0.39 is 11.2 Å². The molecule has 0 saturated heterocycles. The Hall–Kier alpha value is -3.42. The van der Waals surface area contributed by atoms with E-state index in [4.69, 9.17) is 0 Å². The quantitative estimate of drug-likeness (QED) is 0.549. The summed E-state index contributed by atoms with van der Waals surface area (Å²) in [6.45, 7) is 5.03. The molecule has 3 heterocycles. The summed E-state index contributed by atoms with van der Waals surface area (Å²) in [6, 6.07) is 7.88. The summed E-state index contributed by atoms with van der Waals surface area (Å²) in [5.74, 6) is 0.285. The van der Waals surface area contributed by atoms with Gasteiger partial charge in [0.05, 0.1) is 12.2 Å². The molecule has 0 N–H and O–H groups in total. The molecule has 0 amide bonds. The van der Waals surface area contributed by atoms with Gasteiger partial charge in [-0.25, -0.2) is 4.79 Å². The number of aromatic nitrogens is 5. The monoisotopic (exact) mass is 365 g/mol. The zero-order chi connectivity index (χ0) is 19.5. The predicted molar refractivity (Wildman–Crippen MR) is 102 cm³/mol. The highest BCUT2D eigenvalue weighted by Crippen LogP contribution is 2.22. The second-order valence-corrected chi connectivity index (χ2v) is 6.78. The number of benzene rings is 1. The topological polar surface area (TPSA) is 83.3 Å². The molecule has 8 heteroatoms. The van der Waals surface area contributed by atoms with Crippen molar-refractivity contribution < 1.29 is 4.79 Å². The zero-order valence-corrected chi connectivity index (χ0v) is 15.6. The first-order valence-electron chi connectivity index (χ1n) is 8.56. The Kier molecular flexibility index (Phi) is 3.66. The van der Waals surface area contributed by atoms with Gasteiger partial charge in [0.1, 0.15) is 5.78 Å². The van der Waals surface area contributed by atoms with E-state index in [1.165, 1.54) is 11.5 Å². The molecule has 8 nitrogen and oxygen atoms in total. The number of para-hydroxylation sites is 1. The molecule has 0 radical (unpaired) electrons. The number of imidazole rings is 2. The van der Waals surface area contributed by atoms with E-state index in [-0.39, 0.29) is 17.8 Å². The number of carbonyl (C=O) groups is 1. The number of hydrogen-bond donors (Lipinski definition) is 0. The maximum atomic E-state index is 13.0. The highest BCUT2D eigenvalue weighted by Gasteiger charge is 2.21. The van der Waals surface area contributed by atoms with E-state index in [1.807, 2.05) is 48.9 Å². The van der Waals surface area contributed by atoms with Crippen LogP contribution in [0.25, 0.3) is 22.6 Å². The molecule has 0 unspecified atom stereocenters. The minimum Gasteiger partial charge on any atom is -0.298 e. The lowest BCUT2D eigenvalue weighted by molar-refractivity contribution is -0.117. The highest BCUT2D eigenvalue weighted by molar-refractivity contribution is 5.78. The highest BCUT2D eigenvalue weighted by atomic mass is 16.2. The molecule has 0 atom stereocenters. The van der Waals surface area contributed by atoms with Crippen molar-refractivity contribution in [3.63, 3.8) is 0 Å². The number of hydrogen-bond acceptors (Lipinski definition) is 4. The Labute approximate surface area is 153 Å². The summed E-state index contributed by atoms with van der Waals surface area (Å²) in [7, 11) is 1.55. The fourth-order valence-corrected chi connectivity index (χ4v) is 3.48. The lowest BCUT2D eigenvalue weighted by Gasteiger charge is -2.08. The third-order valence-corrected chi connectivity index (χ3v) is 4.76. The minimum atomic E-state index is -0.553. The van der Waals surface area contributed by atoms with Crippen LogP contribution in [0.5, 0.6) is 0 Å². The average molecular weight is 365 g/mol. The van der Waals surface area contributed by atoms with Crippen molar-refractivity contribution in [1.82, 2.24) is 23.1 Å². The van der Waals surface area contributed by atoms with Gasteiger partial charge in [0.25, 0.3) is 5.56 Å². The van der Waals surface area contributed by atoms with Crippen LogP contribution in [0.4, 0.5) is 0 Å². The molecular formula is C19H19N5O3. The van der Waals surface area contributed by atoms with Crippen LogP contribution in [0, 0.1) is 13.8 Å². The SMILES string of the molecule is CC(=O)Cn1c(=O)c2c(nc3n(-c4ccccc4C)c(C)cn23)n(C)c1=O. The summed E-state index contributed by atoms with van der Waals surface area (Å²) in [6.07, 6.45) is 1.82. The standard InChI is InChI=1S/C19H19N5O3/c1-11-7-5-6-8-14(11)24-12(2)9-22-15-16(20-18(22)24)21(4)19(27)23(17(15)26)10-13(3)25/h5-9H,10H2,1-4H3. The summed E-state index contributed by atoms with van der Waals surface area (Å²) < 4.78 is 5.91. The molecule has 0 spiro atoms. The summed E-state index contributed by atoms with van der Waals surface area (Å²) in [5.41, 5.74) is 2.43. The first-order chi connectivity index (χ1) is 12.8. The van der Waals surface area contributed by atoms with Gasteiger partial charge in [0.15, 0.2) is 11.2 Å². The molecule has 0 fully saturated rings. The largest absolute Gasteiger partial charge is 0.332 e.